The normalized spacial score (nSPS) is 10.8. The van der Waals surface area contributed by atoms with E-state index in [2.05, 4.69) is 0 Å². The molecule has 0 aromatic heterocycles. The number of hydrogen-bond donors (Lipinski definition) is 4. The minimum Gasteiger partial charge on any atom is -0.504 e. The number of phenols is 4. The molecule has 0 saturated carbocycles. The van der Waals surface area contributed by atoms with E-state index < -0.39 is 0 Å². The lowest BCUT2D eigenvalue weighted by atomic mass is 9.90. The quantitative estimate of drug-likeness (QED) is 0.525. The maximum Gasteiger partial charge on any atom is 0.158 e. The molecule has 0 amide bonds. The minimum atomic E-state index is -0.185. The van der Waals surface area contributed by atoms with E-state index in [0.29, 0.717) is 0 Å². The van der Waals surface area contributed by atoms with Crippen LogP contribution < -0.4 is 0 Å². The van der Waals surface area contributed by atoms with Gasteiger partial charge in [-0.2, -0.15) is 0 Å². The van der Waals surface area contributed by atoms with E-state index in [9.17, 15) is 20.4 Å². The number of aryl methyl sites for hydroxylation is 2. The fourth-order valence-electron chi connectivity index (χ4n) is 2.90. The molecule has 0 atom stereocenters. The highest BCUT2D eigenvalue weighted by Crippen LogP contribution is 2.41. The second-order valence-electron chi connectivity index (χ2n) is 5.86. The maximum absolute atomic E-state index is 9.86. The van der Waals surface area contributed by atoms with Crippen LogP contribution in [0.25, 0.3) is 22.3 Å². The monoisotopic (exact) mass is 322 g/mol. The first-order chi connectivity index (χ1) is 11.4. The van der Waals surface area contributed by atoms with E-state index in [1.807, 2.05) is 38.1 Å². The van der Waals surface area contributed by atoms with Crippen molar-refractivity contribution < 1.29 is 20.4 Å². The van der Waals surface area contributed by atoms with Crippen molar-refractivity contribution in [3.63, 3.8) is 0 Å². The molecule has 0 bridgehead atoms. The Morgan fingerprint density at radius 3 is 1.21 bits per heavy atom. The van der Waals surface area contributed by atoms with Gasteiger partial charge in [-0.05, 0) is 71.5 Å². The number of hydrogen-bond acceptors (Lipinski definition) is 4. The summed E-state index contributed by atoms with van der Waals surface area (Å²) in [4.78, 5) is 0. The maximum atomic E-state index is 9.86. The summed E-state index contributed by atoms with van der Waals surface area (Å²) in [6.07, 6.45) is 0. The zero-order valence-electron chi connectivity index (χ0n) is 13.4. The lowest BCUT2D eigenvalue weighted by Crippen LogP contribution is -1.90. The molecule has 0 spiro atoms. The summed E-state index contributed by atoms with van der Waals surface area (Å²) in [5.74, 6) is -0.689. The summed E-state index contributed by atoms with van der Waals surface area (Å²) in [6, 6.07) is 13.7. The van der Waals surface area contributed by atoms with Crippen molar-refractivity contribution in [2.24, 2.45) is 0 Å². The topological polar surface area (TPSA) is 80.9 Å². The molecule has 0 unspecified atom stereocenters. The standard InChI is InChI=1S/C20H18O4/c1-11-7-17(21)19(23)9-15(11)13-5-3-4-6-14(13)16-10-20(24)18(22)8-12(16)2/h3-10,21-24H,1-2H3. The third kappa shape index (κ3) is 2.63. The zero-order chi connectivity index (χ0) is 17.4. The highest BCUT2D eigenvalue weighted by molar-refractivity contribution is 5.87. The van der Waals surface area contributed by atoms with E-state index in [1.165, 1.54) is 24.3 Å². The average molecular weight is 322 g/mol. The van der Waals surface area contributed by atoms with Gasteiger partial charge in [0.25, 0.3) is 0 Å². The van der Waals surface area contributed by atoms with Crippen molar-refractivity contribution in [1.29, 1.82) is 0 Å². The van der Waals surface area contributed by atoms with Gasteiger partial charge in [0.2, 0.25) is 0 Å². The summed E-state index contributed by atoms with van der Waals surface area (Å²) in [5, 5.41) is 39.0. The molecule has 122 valence electrons. The van der Waals surface area contributed by atoms with Crippen LogP contribution in [0.1, 0.15) is 11.1 Å². The van der Waals surface area contributed by atoms with Crippen LogP contribution in [0.4, 0.5) is 0 Å². The van der Waals surface area contributed by atoms with Crippen molar-refractivity contribution in [2.45, 2.75) is 13.8 Å². The summed E-state index contributed by atoms with van der Waals surface area (Å²) >= 11 is 0. The van der Waals surface area contributed by atoms with Gasteiger partial charge in [-0.3, -0.25) is 0 Å². The van der Waals surface area contributed by atoms with Crippen LogP contribution in [0.2, 0.25) is 0 Å². The highest BCUT2D eigenvalue weighted by atomic mass is 16.3. The minimum absolute atomic E-state index is 0.160. The van der Waals surface area contributed by atoms with Crippen molar-refractivity contribution in [3.8, 4) is 45.3 Å². The Hall–Kier alpha value is -3.14. The molecule has 24 heavy (non-hydrogen) atoms. The van der Waals surface area contributed by atoms with Crippen LogP contribution in [-0.2, 0) is 0 Å². The fourth-order valence-corrected chi connectivity index (χ4v) is 2.90. The third-order valence-corrected chi connectivity index (χ3v) is 4.15. The fraction of sp³-hybridized carbons (Fsp3) is 0.100. The molecule has 4 nitrogen and oxygen atoms in total. The molecule has 0 aliphatic carbocycles. The van der Waals surface area contributed by atoms with Crippen LogP contribution in [-0.4, -0.2) is 20.4 Å². The molecule has 0 radical (unpaired) electrons. The molecular formula is C20H18O4. The van der Waals surface area contributed by atoms with Crippen molar-refractivity contribution in [2.75, 3.05) is 0 Å². The molecule has 0 aliphatic rings. The van der Waals surface area contributed by atoms with Gasteiger partial charge in [0.1, 0.15) is 0 Å². The largest absolute Gasteiger partial charge is 0.504 e. The Morgan fingerprint density at radius 2 is 0.833 bits per heavy atom. The Labute approximate surface area is 139 Å². The molecule has 4 N–H and O–H groups in total. The first-order valence-corrected chi connectivity index (χ1v) is 7.53. The molecule has 0 saturated heterocycles. The van der Waals surface area contributed by atoms with Gasteiger partial charge in [-0.1, -0.05) is 24.3 Å². The molecule has 0 aliphatic heterocycles. The predicted molar refractivity (Wildman–Crippen MR) is 93.4 cm³/mol. The van der Waals surface area contributed by atoms with Gasteiger partial charge in [0, 0.05) is 0 Å². The molecule has 3 aromatic carbocycles. The van der Waals surface area contributed by atoms with Crippen LogP contribution >= 0.6 is 0 Å². The lowest BCUT2D eigenvalue weighted by Gasteiger charge is -2.15. The SMILES string of the molecule is Cc1cc(O)c(O)cc1-c1ccccc1-c1cc(O)c(O)cc1C. The van der Waals surface area contributed by atoms with Crippen molar-refractivity contribution >= 4 is 0 Å². The smallest absolute Gasteiger partial charge is 0.158 e. The number of benzene rings is 3. The third-order valence-electron chi connectivity index (χ3n) is 4.15. The van der Waals surface area contributed by atoms with Gasteiger partial charge in [-0.15, -0.1) is 0 Å². The van der Waals surface area contributed by atoms with Gasteiger partial charge in [-0.25, -0.2) is 0 Å². The Balaban J connectivity index is 2.28. The van der Waals surface area contributed by atoms with E-state index in [4.69, 9.17) is 0 Å². The molecular weight excluding hydrogens is 304 g/mol. The van der Waals surface area contributed by atoms with Crippen molar-refractivity contribution in [1.82, 2.24) is 0 Å². The first kappa shape index (κ1) is 15.7. The molecule has 0 heterocycles. The van der Waals surface area contributed by atoms with Crippen LogP contribution in [0.5, 0.6) is 23.0 Å². The Kier molecular flexibility index (Phi) is 3.81. The summed E-state index contributed by atoms with van der Waals surface area (Å²) in [7, 11) is 0. The van der Waals surface area contributed by atoms with Gasteiger partial charge in [0.05, 0.1) is 0 Å². The molecule has 0 fully saturated rings. The van der Waals surface area contributed by atoms with E-state index >= 15 is 0 Å². The predicted octanol–water partition coefficient (Wildman–Crippen LogP) is 4.46. The molecule has 3 aromatic rings. The molecule has 4 heteroatoms. The summed E-state index contributed by atoms with van der Waals surface area (Å²) < 4.78 is 0. The van der Waals surface area contributed by atoms with Crippen molar-refractivity contribution in [3.05, 3.63) is 59.7 Å². The van der Waals surface area contributed by atoms with E-state index in [0.717, 1.165) is 33.4 Å². The first-order valence-electron chi connectivity index (χ1n) is 7.53. The lowest BCUT2D eigenvalue weighted by molar-refractivity contribution is 0.403. The zero-order valence-corrected chi connectivity index (χ0v) is 13.4. The Bertz CT molecular complexity index is 853. The second kappa shape index (κ2) is 5.81. The van der Waals surface area contributed by atoms with Crippen LogP contribution in [0.15, 0.2) is 48.5 Å². The Morgan fingerprint density at radius 1 is 0.500 bits per heavy atom. The van der Waals surface area contributed by atoms with E-state index in [-0.39, 0.29) is 23.0 Å². The summed E-state index contributed by atoms with van der Waals surface area (Å²) in [6.45, 7) is 3.71. The second-order valence-corrected chi connectivity index (χ2v) is 5.86. The van der Waals surface area contributed by atoms with Gasteiger partial charge >= 0.3 is 0 Å². The van der Waals surface area contributed by atoms with Crippen LogP contribution in [0, 0.1) is 13.8 Å². The average Bonchev–Trinajstić information content (AvgIpc) is 2.54. The number of rotatable bonds is 2. The molecule has 3 rings (SSSR count). The van der Waals surface area contributed by atoms with E-state index in [1.54, 1.807) is 0 Å². The van der Waals surface area contributed by atoms with Gasteiger partial charge < -0.3 is 20.4 Å². The number of phenolic OH excluding ortho intramolecular Hbond substituents is 4. The van der Waals surface area contributed by atoms with Crippen LogP contribution in [0.3, 0.4) is 0 Å². The number of aromatic hydroxyl groups is 4. The highest BCUT2D eigenvalue weighted by Gasteiger charge is 2.15. The summed E-state index contributed by atoms with van der Waals surface area (Å²) in [5.41, 5.74) is 4.93. The van der Waals surface area contributed by atoms with Gasteiger partial charge in [0.15, 0.2) is 23.0 Å².